The van der Waals surface area contributed by atoms with Crippen LogP contribution in [-0.2, 0) is 0 Å². The fourth-order valence-corrected chi connectivity index (χ4v) is 7.87. The SMILES string of the molecule is C1=CC(=C/C=C/C[P+](c2ccccc2)(c2ccccc2)c2ccccc2)C=CC1.F[B-](F)(F)F. The highest BCUT2D eigenvalue weighted by Gasteiger charge is 2.43. The first-order chi connectivity index (χ1) is 16.4. The van der Waals surface area contributed by atoms with Gasteiger partial charge in [0.05, 0.1) is 6.16 Å². The van der Waals surface area contributed by atoms with Gasteiger partial charge >= 0.3 is 7.25 Å². The van der Waals surface area contributed by atoms with Crippen molar-refractivity contribution >= 4 is 30.4 Å². The van der Waals surface area contributed by atoms with E-state index in [9.17, 15) is 17.3 Å². The maximum absolute atomic E-state index is 9.75. The minimum atomic E-state index is -6.00. The lowest BCUT2D eigenvalue weighted by Crippen LogP contribution is -2.32. The van der Waals surface area contributed by atoms with Gasteiger partial charge in [0.15, 0.2) is 0 Å². The summed E-state index contributed by atoms with van der Waals surface area (Å²) >= 11 is 0. The highest BCUT2D eigenvalue weighted by molar-refractivity contribution is 7.95. The Morgan fingerprint density at radius 3 is 1.41 bits per heavy atom. The van der Waals surface area contributed by atoms with Gasteiger partial charge in [-0.05, 0) is 54.5 Å². The van der Waals surface area contributed by atoms with Crippen molar-refractivity contribution in [1.82, 2.24) is 0 Å². The first-order valence-electron chi connectivity index (χ1n) is 11.0. The minimum absolute atomic E-state index is 1.00. The Kier molecular flexibility index (Phi) is 9.24. The summed E-state index contributed by atoms with van der Waals surface area (Å²) in [6.07, 6.45) is 17.6. The number of benzene rings is 3. The second kappa shape index (κ2) is 12.3. The lowest BCUT2D eigenvalue weighted by atomic mass is 10.1. The molecule has 0 radical (unpaired) electrons. The normalized spacial score (nSPS) is 13.5. The molecule has 4 rings (SSSR count). The summed E-state index contributed by atoms with van der Waals surface area (Å²) < 4.78 is 39.0. The van der Waals surface area contributed by atoms with E-state index in [-0.39, 0.29) is 0 Å². The van der Waals surface area contributed by atoms with E-state index >= 15 is 0 Å². The van der Waals surface area contributed by atoms with Gasteiger partial charge in [-0.2, -0.15) is 0 Å². The molecular formula is C28H26BF4P. The zero-order chi connectivity index (χ0) is 24.3. The number of hydrogen-bond donors (Lipinski definition) is 0. The summed E-state index contributed by atoms with van der Waals surface area (Å²) in [6.45, 7) is 0. The number of halogens is 4. The van der Waals surface area contributed by atoms with Gasteiger partial charge < -0.3 is 17.3 Å². The van der Waals surface area contributed by atoms with Crippen LogP contribution < -0.4 is 15.9 Å². The molecule has 0 heterocycles. The first kappa shape index (κ1) is 25.5. The molecule has 0 nitrogen and oxygen atoms in total. The molecule has 174 valence electrons. The zero-order valence-electron chi connectivity index (χ0n) is 18.7. The van der Waals surface area contributed by atoms with Crippen molar-refractivity contribution < 1.29 is 17.3 Å². The van der Waals surface area contributed by atoms with Crippen LogP contribution in [0.4, 0.5) is 17.3 Å². The van der Waals surface area contributed by atoms with Gasteiger partial charge in [-0.25, -0.2) is 0 Å². The summed E-state index contributed by atoms with van der Waals surface area (Å²) in [4.78, 5) is 0. The molecule has 0 amide bonds. The smallest absolute Gasteiger partial charge is 0.418 e. The van der Waals surface area contributed by atoms with Crippen molar-refractivity contribution in [2.24, 2.45) is 0 Å². The second-order valence-corrected chi connectivity index (χ2v) is 11.2. The second-order valence-electron chi connectivity index (χ2n) is 7.63. The average Bonchev–Trinajstić information content (AvgIpc) is 2.86. The minimum Gasteiger partial charge on any atom is -0.418 e. The Bertz CT molecular complexity index is 1020. The van der Waals surface area contributed by atoms with E-state index in [2.05, 4.69) is 134 Å². The molecule has 3 aromatic carbocycles. The molecule has 34 heavy (non-hydrogen) atoms. The molecule has 1 aliphatic rings. The van der Waals surface area contributed by atoms with Crippen molar-refractivity contribution in [3.8, 4) is 0 Å². The van der Waals surface area contributed by atoms with Gasteiger partial charge in [0.25, 0.3) is 0 Å². The van der Waals surface area contributed by atoms with Crippen LogP contribution in [-0.4, -0.2) is 13.4 Å². The third-order valence-corrected chi connectivity index (χ3v) is 9.59. The predicted molar refractivity (Wildman–Crippen MR) is 140 cm³/mol. The molecule has 0 unspecified atom stereocenters. The van der Waals surface area contributed by atoms with E-state index in [0.717, 1.165) is 12.6 Å². The van der Waals surface area contributed by atoms with E-state index in [1.54, 1.807) is 0 Å². The average molecular weight is 480 g/mol. The van der Waals surface area contributed by atoms with Crippen molar-refractivity contribution in [1.29, 1.82) is 0 Å². The lowest BCUT2D eigenvalue weighted by molar-refractivity contribution is 0.368. The van der Waals surface area contributed by atoms with Crippen molar-refractivity contribution in [3.63, 3.8) is 0 Å². The molecule has 0 aliphatic heterocycles. The van der Waals surface area contributed by atoms with E-state index in [4.69, 9.17) is 0 Å². The molecule has 0 spiro atoms. The third-order valence-electron chi connectivity index (χ3n) is 5.29. The van der Waals surface area contributed by atoms with Crippen LogP contribution in [0.25, 0.3) is 0 Å². The molecule has 0 saturated carbocycles. The first-order valence-corrected chi connectivity index (χ1v) is 13.0. The Balaban J connectivity index is 0.000000588. The summed E-state index contributed by atoms with van der Waals surface area (Å²) in [5, 5.41) is 4.27. The van der Waals surface area contributed by atoms with Gasteiger partial charge in [0, 0.05) is 0 Å². The predicted octanol–water partition coefficient (Wildman–Crippen LogP) is 7.28. The van der Waals surface area contributed by atoms with Crippen LogP contribution in [0.3, 0.4) is 0 Å². The fourth-order valence-electron chi connectivity index (χ4n) is 3.86. The molecule has 0 atom stereocenters. The monoisotopic (exact) mass is 480 g/mol. The van der Waals surface area contributed by atoms with Crippen LogP contribution in [0, 0.1) is 0 Å². The maximum atomic E-state index is 9.75. The van der Waals surface area contributed by atoms with E-state index in [0.29, 0.717) is 0 Å². The van der Waals surface area contributed by atoms with Crippen molar-refractivity contribution in [3.05, 3.63) is 139 Å². The number of rotatable bonds is 6. The third kappa shape index (κ3) is 7.43. The molecule has 0 bridgehead atoms. The van der Waals surface area contributed by atoms with Crippen LogP contribution in [0.5, 0.6) is 0 Å². The summed E-state index contributed by atoms with van der Waals surface area (Å²) in [5.41, 5.74) is 1.26. The number of hydrogen-bond acceptors (Lipinski definition) is 0. The Hall–Kier alpha value is -3.17. The molecule has 3 aromatic rings. The highest BCUT2D eigenvalue weighted by Crippen LogP contribution is 2.55. The quantitative estimate of drug-likeness (QED) is 0.198. The van der Waals surface area contributed by atoms with Crippen LogP contribution in [0.2, 0.25) is 0 Å². The topological polar surface area (TPSA) is 0 Å². The van der Waals surface area contributed by atoms with E-state index in [1.807, 2.05) is 0 Å². The van der Waals surface area contributed by atoms with Crippen molar-refractivity contribution in [2.45, 2.75) is 6.42 Å². The van der Waals surface area contributed by atoms with Gasteiger partial charge in [-0.3, -0.25) is 0 Å². The fraction of sp³-hybridized carbons (Fsp3) is 0.0714. The maximum Gasteiger partial charge on any atom is 0.673 e. The van der Waals surface area contributed by atoms with E-state index in [1.165, 1.54) is 21.5 Å². The Morgan fingerprint density at radius 2 is 1.03 bits per heavy atom. The molecule has 0 fully saturated rings. The molecule has 6 heteroatoms. The largest absolute Gasteiger partial charge is 0.673 e. The Morgan fingerprint density at radius 1 is 0.647 bits per heavy atom. The molecule has 1 aliphatic carbocycles. The van der Waals surface area contributed by atoms with Gasteiger partial charge in [0.2, 0.25) is 0 Å². The molecule has 0 saturated heterocycles. The van der Waals surface area contributed by atoms with Crippen LogP contribution >= 0.6 is 7.26 Å². The van der Waals surface area contributed by atoms with Crippen LogP contribution in [0.1, 0.15) is 6.42 Å². The molecule has 0 N–H and O–H groups in total. The van der Waals surface area contributed by atoms with Gasteiger partial charge in [-0.1, -0.05) is 91.1 Å². The summed E-state index contributed by atoms with van der Waals surface area (Å²) in [6, 6.07) is 33.1. The van der Waals surface area contributed by atoms with E-state index < -0.39 is 14.5 Å². The van der Waals surface area contributed by atoms with Gasteiger partial charge in [0.1, 0.15) is 23.2 Å². The Labute approximate surface area is 199 Å². The summed E-state index contributed by atoms with van der Waals surface area (Å²) in [5.74, 6) is 0. The molecule has 0 aromatic heterocycles. The molecular weight excluding hydrogens is 454 g/mol. The van der Waals surface area contributed by atoms with Crippen molar-refractivity contribution in [2.75, 3.05) is 6.16 Å². The standard InChI is InChI=1S/C28H26P.BF4/c1-5-15-25(16-6-1)17-13-14-24-29(26-18-7-2-8-19-26,27-20-9-3-10-21-27)28-22-11-4-12-23-28;2-1(3,4)5/h2-23H,1,24H2;/q+1;-1/b14-13+;. The van der Waals surface area contributed by atoms with Gasteiger partial charge in [-0.15, -0.1) is 0 Å². The van der Waals surface area contributed by atoms with Crippen LogP contribution in [0.15, 0.2) is 139 Å². The zero-order valence-corrected chi connectivity index (χ0v) is 19.5. The lowest BCUT2D eigenvalue weighted by Gasteiger charge is -2.26. The highest BCUT2D eigenvalue weighted by atomic mass is 31.2. The summed E-state index contributed by atoms with van der Waals surface area (Å²) in [7, 11) is -7.78. The number of allylic oxidation sites excluding steroid dienone is 8.